The van der Waals surface area contributed by atoms with Gasteiger partial charge in [0.05, 0.1) is 5.70 Å². The van der Waals surface area contributed by atoms with E-state index in [0.29, 0.717) is 0 Å². The van der Waals surface area contributed by atoms with Gasteiger partial charge in [-0.15, -0.1) is 0 Å². The molecule has 0 rings (SSSR count). The Morgan fingerprint density at radius 1 is 1.50 bits per heavy atom. The highest BCUT2D eigenvalue weighted by atomic mass is 32.1. The molecule has 4 heteroatoms. The number of hydrogen-bond acceptors (Lipinski definition) is 2. The van der Waals surface area contributed by atoms with Crippen molar-refractivity contribution in [1.29, 1.82) is 0 Å². The molecule has 0 radical (unpaired) electrons. The third-order valence-corrected chi connectivity index (χ3v) is 1.08. The normalized spacial score (nSPS) is 11.2. The van der Waals surface area contributed by atoms with Crippen LogP contribution in [0.3, 0.4) is 0 Å². The van der Waals surface area contributed by atoms with Crippen LogP contribution in [0.15, 0.2) is 36.6 Å². The van der Waals surface area contributed by atoms with Crippen molar-refractivity contribution >= 4 is 17.3 Å². The largest absolute Gasteiger partial charge is 0.375 e. The molecular weight excluding hydrogens is 170 g/mol. The lowest BCUT2D eigenvalue weighted by Crippen LogP contribution is -2.39. The van der Waals surface area contributed by atoms with Gasteiger partial charge in [0.2, 0.25) is 0 Å². The summed E-state index contributed by atoms with van der Waals surface area (Å²) in [4.78, 5) is 0. The average molecular weight is 183 g/mol. The Bertz CT molecular complexity index is 218. The maximum absolute atomic E-state index is 5.21. The van der Waals surface area contributed by atoms with Gasteiger partial charge in [0.1, 0.15) is 0 Å². The minimum absolute atomic E-state index is 0.203. The van der Waals surface area contributed by atoms with E-state index in [0.717, 1.165) is 5.70 Å². The summed E-state index contributed by atoms with van der Waals surface area (Å²) in [6, 6.07) is 0. The predicted octanol–water partition coefficient (Wildman–Crippen LogP) is 0.970. The lowest BCUT2D eigenvalue weighted by Gasteiger charge is -2.07. The molecule has 66 valence electrons. The fourth-order valence-corrected chi connectivity index (χ4v) is 0.630. The van der Waals surface area contributed by atoms with Crippen molar-refractivity contribution in [1.82, 2.24) is 10.9 Å². The highest BCUT2D eigenvalue weighted by Crippen LogP contribution is 1.89. The molecule has 0 saturated heterocycles. The van der Waals surface area contributed by atoms with Crippen LogP contribution >= 0.6 is 12.2 Å². The number of hydrazine groups is 1. The summed E-state index contributed by atoms with van der Waals surface area (Å²) in [5, 5.41) is 0.203. The summed E-state index contributed by atoms with van der Waals surface area (Å²) < 4.78 is 0. The highest BCUT2D eigenvalue weighted by Gasteiger charge is 1.87. The number of thiocarbonyl (C=S) groups is 1. The molecule has 3 nitrogen and oxygen atoms in total. The van der Waals surface area contributed by atoms with E-state index in [9.17, 15) is 0 Å². The topological polar surface area (TPSA) is 50.1 Å². The molecule has 0 heterocycles. The van der Waals surface area contributed by atoms with Gasteiger partial charge in [-0.1, -0.05) is 18.7 Å². The number of hydrogen-bond donors (Lipinski definition) is 3. The van der Waals surface area contributed by atoms with Gasteiger partial charge >= 0.3 is 0 Å². The zero-order chi connectivity index (χ0) is 9.40. The number of allylic oxidation sites excluding steroid dienone is 4. The van der Waals surface area contributed by atoms with E-state index in [2.05, 4.69) is 29.6 Å². The molecule has 0 bridgehead atoms. The summed E-state index contributed by atoms with van der Waals surface area (Å²) >= 11 is 4.61. The van der Waals surface area contributed by atoms with E-state index >= 15 is 0 Å². The van der Waals surface area contributed by atoms with Gasteiger partial charge in [0.25, 0.3) is 0 Å². The predicted molar refractivity (Wildman–Crippen MR) is 56.2 cm³/mol. The summed E-state index contributed by atoms with van der Waals surface area (Å²) in [7, 11) is 0. The monoisotopic (exact) mass is 183 g/mol. The fraction of sp³-hybridized carbons (Fsp3) is 0.125. The third kappa shape index (κ3) is 5.49. The van der Waals surface area contributed by atoms with Crippen LogP contribution in [0, 0.1) is 0 Å². The quantitative estimate of drug-likeness (QED) is 0.345. The first-order chi connectivity index (χ1) is 5.70. The standard InChI is InChI=1S/C8H13N3S/c1-3-5-7(6-4-2)10-11-8(9)12/h3-6,10H,1H2,2H3,(H3,9,11,12)/b6-4-,7-5+. The number of nitrogens with two attached hydrogens (primary N) is 1. The Hall–Kier alpha value is -1.29. The van der Waals surface area contributed by atoms with Crippen LogP contribution in [0.1, 0.15) is 6.92 Å². The minimum Gasteiger partial charge on any atom is -0.375 e. The van der Waals surface area contributed by atoms with Gasteiger partial charge in [0.15, 0.2) is 5.11 Å². The van der Waals surface area contributed by atoms with Gasteiger partial charge in [0, 0.05) is 0 Å². The van der Waals surface area contributed by atoms with Crippen LogP contribution < -0.4 is 16.6 Å². The first kappa shape index (κ1) is 10.7. The Morgan fingerprint density at radius 3 is 2.58 bits per heavy atom. The van der Waals surface area contributed by atoms with E-state index in [4.69, 9.17) is 5.73 Å². The number of nitrogens with one attached hydrogen (secondary N) is 2. The molecule has 0 aliphatic heterocycles. The summed E-state index contributed by atoms with van der Waals surface area (Å²) in [5.41, 5.74) is 11.5. The van der Waals surface area contributed by atoms with E-state index in [1.54, 1.807) is 12.2 Å². The van der Waals surface area contributed by atoms with Crippen molar-refractivity contribution in [3.63, 3.8) is 0 Å². The zero-order valence-corrected chi connectivity index (χ0v) is 7.82. The summed E-state index contributed by atoms with van der Waals surface area (Å²) in [6.45, 7) is 5.48. The molecule has 12 heavy (non-hydrogen) atoms. The maximum atomic E-state index is 5.21. The molecule has 0 aromatic carbocycles. The second-order valence-corrected chi connectivity index (χ2v) is 2.41. The van der Waals surface area contributed by atoms with Crippen LogP contribution in [-0.2, 0) is 0 Å². The van der Waals surface area contributed by atoms with Gasteiger partial charge in [-0.05, 0) is 31.3 Å². The SMILES string of the molecule is C=C/C=C(\C=C/C)NNC(N)=S. The Morgan fingerprint density at radius 2 is 2.17 bits per heavy atom. The minimum atomic E-state index is 0.203. The van der Waals surface area contributed by atoms with Crippen molar-refractivity contribution in [3.05, 3.63) is 36.6 Å². The molecule has 0 aliphatic rings. The second-order valence-electron chi connectivity index (χ2n) is 1.97. The van der Waals surface area contributed by atoms with E-state index in [1.807, 2.05) is 19.1 Å². The lowest BCUT2D eigenvalue weighted by molar-refractivity contribution is 0.788. The van der Waals surface area contributed by atoms with Gasteiger partial charge in [-0.2, -0.15) is 0 Å². The van der Waals surface area contributed by atoms with E-state index < -0.39 is 0 Å². The molecular formula is C8H13N3S. The lowest BCUT2D eigenvalue weighted by atomic mass is 10.3. The fourth-order valence-electron chi connectivity index (χ4n) is 0.579. The molecule has 0 fully saturated rings. The Labute approximate surface area is 78.0 Å². The first-order valence-corrected chi connectivity index (χ1v) is 3.88. The molecule has 4 N–H and O–H groups in total. The molecule has 0 aliphatic carbocycles. The smallest absolute Gasteiger partial charge is 0.182 e. The molecule has 0 unspecified atom stereocenters. The van der Waals surface area contributed by atoms with Crippen molar-refractivity contribution in [2.45, 2.75) is 6.92 Å². The van der Waals surface area contributed by atoms with Gasteiger partial charge < -0.3 is 5.73 Å². The molecule has 0 amide bonds. The summed E-state index contributed by atoms with van der Waals surface area (Å²) in [5.74, 6) is 0. The molecule has 0 aromatic rings. The van der Waals surface area contributed by atoms with Gasteiger partial charge in [-0.25, -0.2) is 0 Å². The van der Waals surface area contributed by atoms with Crippen molar-refractivity contribution in [2.24, 2.45) is 5.73 Å². The average Bonchev–Trinajstić information content (AvgIpc) is 2.01. The Kier molecular flexibility index (Phi) is 5.73. The van der Waals surface area contributed by atoms with Crippen LogP contribution in [0.25, 0.3) is 0 Å². The van der Waals surface area contributed by atoms with E-state index in [-0.39, 0.29) is 5.11 Å². The van der Waals surface area contributed by atoms with Crippen LogP contribution in [0.4, 0.5) is 0 Å². The summed E-state index contributed by atoms with van der Waals surface area (Å²) in [6.07, 6.45) is 7.23. The van der Waals surface area contributed by atoms with Crippen LogP contribution in [-0.4, -0.2) is 5.11 Å². The van der Waals surface area contributed by atoms with Crippen molar-refractivity contribution in [2.75, 3.05) is 0 Å². The zero-order valence-electron chi connectivity index (χ0n) is 7.00. The Balaban J connectivity index is 4.05. The molecule has 0 spiro atoms. The van der Waals surface area contributed by atoms with Crippen LogP contribution in [0.5, 0.6) is 0 Å². The highest BCUT2D eigenvalue weighted by molar-refractivity contribution is 7.80. The van der Waals surface area contributed by atoms with Crippen molar-refractivity contribution < 1.29 is 0 Å². The van der Waals surface area contributed by atoms with E-state index in [1.165, 1.54) is 0 Å². The third-order valence-electron chi connectivity index (χ3n) is 0.974. The first-order valence-electron chi connectivity index (χ1n) is 3.47. The molecule has 0 aromatic heterocycles. The van der Waals surface area contributed by atoms with Crippen molar-refractivity contribution in [3.8, 4) is 0 Å². The maximum Gasteiger partial charge on any atom is 0.182 e. The molecule has 0 atom stereocenters. The number of rotatable bonds is 4. The van der Waals surface area contributed by atoms with Gasteiger partial charge in [-0.3, -0.25) is 10.9 Å². The van der Waals surface area contributed by atoms with Crippen LogP contribution in [0.2, 0.25) is 0 Å². The second kappa shape index (κ2) is 6.42. The molecule has 0 saturated carbocycles.